The maximum absolute atomic E-state index is 12.1. The quantitative estimate of drug-likeness (QED) is 0.844. The zero-order valence-corrected chi connectivity index (χ0v) is 11.3. The number of hydrogen-bond donors (Lipinski definition) is 2. The third-order valence-electron chi connectivity index (χ3n) is 3.42. The van der Waals surface area contributed by atoms with Gasteiger partial charge < -0.3 is 5.11 Å². The number of fused-ring (bicyclic) bond motifs is 1. The summed E-state index contributed by atoms with van der Waals surface area (Å²) < 4.78 is 26.8. The predicted octanol–water partition coefficient (Wildman–Crippen LogP) is 1.22. The molecule has 1 unspecified atom stereocenters. The largest absolute Gasteiger partial charge is 0.395 e. The lowest BCUT2D eigenvalue weighted by Gasteiger charge is -2.15. The number of aliphatic hydroxyl groups is 1. The van der Waals surface area contributed by atoms with Crippen molar-refractivity contribution in [2.75, 3.05) is 6.61 Å². The van der Waals surface area contributed by atoms with Gasteiger partial charge in [-0.15, -0.1) is 0 Å². The Morgan fingerprint density at radius 1 is 1.33 bits per heavy atom. The third kappa shape index (κ3) is 2.74. The smallest absolute Gasteiger partial charge is 0.240 e. The molecule has 0 fully saturated rings. The zero-order chi connectivity index (χ0) is 13.2. The average Bonchev–Trinajstić information content (AvgIpc) is 2.83. The van der Waals surface area contributed by atoms with E-state index in [0.29, 0.717) is 11.3 Å². The number of nitrogens with one attached hydrogen (secondary N) is 1. The van der Waals surface area contributed by atoms with Crippen molar-refractivity contribution in [1.29, 1.82) is 0 Å². The molecule has 0 spiro atoms. The molecule has 0 radical (unpaired) electrons. The maximum Gasteiger partial charge on any atom is 0.240 e. The number of sulfonamides is 1. The molecule has 100 valence electrons. The van der Waals surface area contributed by atoms with E-state index >= 15 is 0 Å². The Labute approximate surface area is 108 Å². The van der Waals surface area contributed by atoms with Crippen molar-refractivity contribution < 1.29 is 13.5 Å². The van der Waals surface area contributed by atoms with Crippen LogP contribution in [-0.4, -0.2) is 26.2 Å². The topological polar surface area (TPSA) is 66.4 Å². The molecule has 0 saturated carbocycles. The van der Waals surface area contributed by atoms with E-state index in [9.17, 15) is 8.42 Å². The van der Waals surface area contributed by atoms with Crippen LogP contribution in [0.25, 0.3) is 0 Å². The molecular formula is C13H19NO3S. The van der Waals surface area contributed by atoms with Gasteiger partial charge in [0.25, 0.3) is 0 Å². The van der Waals surface area contributed by atoms with Crippen LogP contribution in [0.5, 0.6) is 0 Å². The fourth-order valence-electron chi connectivity index (χ4n) is 2.25. The lowest BCUT2D eigenvalue weighted by Crippen LogP contribution is -2.36. The molecular weight excluding hydrogens is 250 g/mol. The second-order valence-electron chi connectivity index (χ2n) is 4.69. The van der Waals surface area contributed by atoms with Gasteiger partial charge in [-0.3, -0.25) is 0 Å². The summed E-state index contributed by atoms with van der Waals surface area (Å²) in [6, 6.07) is 4.89. The van der Waals surface area contributed by atoms with Crippen molar-refractivity contribution in [2.24, 2.45) is 0 Å². The number of rotatable bonds is 5. The molecule has 0 aliphatic heterocycles. The van der Waals surface area contributed by atoms with Crippen molar-refractivity contribution in [3.63, 3.8) is 0 Å². The molecule has 0 saturated heterocycles. The Balaban J connectivity index is 2.24. The van der Waals surface area contributed by atoms with Crippen LogP contribution in [0.2, 0.25) is 0 Å². The van der Waals surface area contributed by atoms with Crippen LogP contribution < -0.4 is 4.72 Å². The molecule has 1 aromatic carbocycles. The van der Waals surface area contributed by atoms with Crippen molar-refractivity contribution in [3.05, 3.63) is 29.3 Å². The molecule has 5 heteroatoms. The Bertz CT molecular complexity index is 521. The molecule has 2 N–H and O–H groups in total. The first kappa shape index (κ1) is 13.5. The predicted molar refractivity (Wildman–Crippen MR) is 70.0 cm³/mol. The van der Waals surface area contributed by atoms with Gasteiger partial charge in [0.1, 0.15) is 0 Å². The van der Waals surface area contributed by atoms with Crippen LogP contribution in [0.3, 0.4) is 0 Å². The summed E-state index contributed by atoms with van der Waals surface area (Å²) in [6.07, 6.45) is 3.66. The Morgan fingerprint density at radius 2 is 2.06 bits per heavy atom. The summed E-state index contributed by atoms with van der Waals surface area (Å²) >= 11 is 0. The van der Waals surface area contributed by atoms with Crippen molar-refractivity contribution in [1.82, 2.24) is 4.72 Å². The van der Waals surface area contributed by atoms with E-state index in [4.69, 9.17) is 5.11 Å². The molecule has 4 nitrogen and oxygen atoms in total. The van der Waals surface area contributed by atoms with Crippen molar-refractivity contribution in [2.45, 2.75) is 43.5 Å². The monoisotopic (exact) mass is 269 g/mol. The molecule has 1 aliphatic rings. The lowest BCUT2D eigenvalue weighted by atomic mass is 10.1. The maximum atomic E-state index is 12.1. The number of hydrogen-bond acceptors (Lipinski definition) is 3. The highest BCUT2D eigenvalue weighted by molar-refractivity contribution is 7.89. The minimum atomic E-state index is -3.52. The summed E-state index contributed by atoms with van der Waals surface area (Å²) in [5, 5.41) is 9.06. The molecule has 1 atom stereocenters. The Kier molecular flexibility index (Phi) is 4.04. The van der Waals surface area contributed by atoms with E-state index in [1.54, 1.807) is 12.1 Å². The molecule has 1 aliphatic carbocycles. The number of benzene rings is 1. The van der Waals surface area contributed by atoms with Crippen LogP contribution in [0.4, 0.5) is 0 Å². The van der Waals surface area contributed by atoms with Crippen LogP contribution in [-0.2, 0) is 22.9 Å². The first-order valence-electron chi connectivity index (χ1n) is 6.32. The van der Waals surface area contributed by atoms with E-state index < -0.39 is 16.1 Å². The van der Waals surface area contributed by atoms with E-state index in [-0.39, 0.29) is 6.61 Å². The molecule has 0 amide bonds. The third-order valence-corrected chi connectivity index (χ3v) is 4.93. The van der Waals surface area contributed by atoms with Crippen LogP contribution in [0, 0.1) is 0 Å². The molecule has 18 heavy (non-hydrogen) atoms. The molecule has 0 bridgehead atoms. The fourth-order valence-corrected chi connectivity index (χ4v) is 3.61. The van der Waals surface area contributed by atoms with Gasteiger partial charge in [-0.1, -0.05) is 13.0 Å². The van der Waals surface area contributed by atoms with Crippen LogP contribution in [0.1, 0.15) is 30.9 Å². The highest BCUT2D eigenvalue weighted by atomic mass is 32.2. The van der Waals surface area contributed by atoms with Crippen LogP contribution >= 0.6 is 0 Å². The van der Waals surface area contributed by atoms with Gasteiger partial charge in [0.05, 0.1) is 11.5 Å². The second-order valence-corrected chi connectivity index (χ2v) is 6.41. The minimum absolute atomic E-state index is 0.180. The standard InChI is InChI=1S/C13H19NO3S/c1-2-12(9-15)14-18(16,17)13-7-6-10-4-3-5-11(10)8-13/h6-8,12,14-15H,2-5,9H2,1H3. The highest BCUT2D eigenvalue weighted by Gasteiger charge is 2.20. The van der Waals surface area contributed by atoms with Gasteiger partial charge in [-0.05, 0) is 48.9 Å². The minimum Gasteiger partial charge on any atom is -0.395 e. The van der Waals surface area contributed by atoms with E-state index in [1.807, 2.05) is 13.0 Å². The molecule has 0 aromatic heterocycles. The van der Waals surface area contributed by atoms with Gasteiger partial charge in [-0.2, -0.15) is 0 Å². The number of aliphatic hydroxyl groups excluding tert-OH is 1. The summed E-state index contributed by atoms with van der Waals surface area (Å²) in [5.41, 5.74) is 2.39. The van der Waals surface area contributed by atoms with Gasteiger partial charge in [-0.25, -0.2) is 13.1 Å². The van der Waals surface area contributed by atoms with Crippen LogP contribution in [0.15, 0.2) is 23.1 Å². The molecule has 2 rings (SSSR count). The SMILES string of the molecule is CCC(CO)NS(=O)(=O)c1ccc2c(c1)CCC2. The molecule has 1 aromatic rings. The summed E-state index contributed by atoms with van der Waals surface area (Å²) in [7, 11) is -3.52. The van der Waals surface area contributed by atoms with Gasteiger partial charge in [0.2, 0.25) is 10.0 Å². The van der Waals surface area contributed by atoms with E-state index in [1.165, 1.54) is 5.56 Å². The van der Waals surface area contributed by atoms with E-state index in [0.717, 1.165) is 24.8 Å². The summed E-state index contributed by atoms with van der Waals surface area (Å²) in [6.45, 7) is 1.66. The lowest BCUT2D eigenvalue weighted by molar-refractivity contribution is 0.254. The zero-order valence-electron chi connectivity index (χ0n) is 10.5. The Hall–Kier alpha value is -0.910. The first-order chi connectivity index (χ1) is 8.56. The fraction of sp³-hybridized carbons (Fsp3) is 0.538. The summed E-state index contributed by atoms with van der Waals surface area (Å²) in [5.74, 6) is 0. The highest BCUT2D eigenvalue weighted by Crippen LogP contribution is 2.24. The van der Waals surface area contributed by atoms with Crippen molar-refractivity contribution in [3.8, 4) is 0 Å². The van der Waals surface area contributed by atoms with Crippen molar-refractivity contribution >= 4 is 10.0 Å². The number of aryl methyl sites for hydroxylation is 2. The molecule has 0 heterocycles. The first-order valence-corrected chi connectivity index (χ1v) is 7.80. The van der Waals surface area contributed by atoms with Gasteiger partial charge >= 0.3 is 0 Å². The summed E-state index contributed by atoms with van der Waals surface area (Å²) in [4.78, 5) is 0.301. The van der Waals surface area contributed by atoms with E-state index in [2.05, 4.69) is 4.72 Å². The average molecular weight is 269 g/mol. The Morgan fingerprint density at radius 3 is 2.72 bits per heavy atom. The van der Waals surface area contributed by atoms with Gasteiger partial charge in [0, 0.05) is 6.04 Å². The second kappa shape index (κ2) is 5.38. The van der Waals surface area contributed by atoms with Gasteiger partial charge in [0.15, 0.2) is 0 Å². The normalized spacial score (nSPS) is 16.6.